The average molecular weight is 253 g/mol. The summed E-state index contributed by atoms with van der Waals surface area (Å²) in [6.45, 7) is 6.09. The van der Waals surface area contributed by atoms with Gasteiger partial charge in [-0.15, -0.1) is 0 Å². The summed E-state index contributed by atoms with van der Waals surface area (Å²) in [4.78, 5) is 14.1. The molecule has 1 rings (SSSR count). The second kappa shape index (κ2) is 5.77. The summed E-state index contributed by atoms with van der Waals surface area (Å²) in [5, 5.41) is 23.6. The zero-order valence-electron chi connectivity index (χ0n) is 10.9. The highest BCUT2D eigenvalue weighted by Crippen LogP contribution is 2.18. The molecule has 0 spiro atoms. The molecule has 100 valence electrons. The SMILES string of the molecule is CC(C)CC(C)(O)CNc1cc([N+](=O)[O-])ccn1. The fraction of sp³-hybridized carbons (Fsp3) is 0.583. The number of anilines is 1. The van der Waals surface area contributed by atoms with Gasteiger partial charge in [0.05, 0.1) is 16.6 Å². The lowest BCUT2D eigenvalue weighted by molar-refractivity contribution is -0.384. The Labute approximate surface area is 106 Å². The molecule has 0 aliphatic heterocycles. The van der Waals surface area contributed by atoms with E-state index in [-0.39, 0.29) is 5.69 Å². The van der Waals surface area contributed by atoms with Crippen molar-refractivity contribution >= 4 is 11.5 Å². The third-order valence-corrected chi connectivity index (χ3v) is 2.45. The summed E-state index contributed by atoms with van der Waals surface area (Å²) in [7, 11) is 0. The van der Waals surface area contributed by atoms with E-state index in [0.29, 0.717) is 24.7 Å². The summed E-state index contributed by atoms with van der Waals surface area (Å²) in [6.07, 6.45) is 2.02. The molecule has 0 radical (unpaired) electrons. The van der Waals surface area contributed by atoms with E-state index in [1.54, 1.807) is 6.92 Å². The minimum Gasteiger partial charge on any atom is -0.388 e. The van der Waals surface area contributed by atoms with E-state index in [9.17, 15) is 15.2 Å². The second-order valence-electron chi connectivity index (χ2n) is 5.10. The molecule has 0 bridgehead atoms. The second-order valence-corrected chi connectivity index (χ2v) is 5.10. The smallest absolute Gasteiger partial charge is 0.274 e. The van der Waals surface area contributed by atoms with E-state index in [0.717, 1.165) is 0 Å². The molecule has 0 amide bonds. The van der Waals surface area contributed by atoms with Crippen LogP contribution >= 0.6 is 0 Å². The van der Waals surface area contributed by atoms with E-state index in [1.165, 1.54) is 18.3 Å². The molecule has 1 aromatic heterocycles. The molecule has 0 aliphatic carbocycles. The number of hydrogen-bond donors (Lipinski definition) is 2. The van der Waals surface area contributed by atoms with Crippen LogP contribution in [0.5, 0.6) is 0 Å². The van der Waals surface area contributed by atoms with Crippen LogP contribution in [0.2, 0.25) is 0 Å². The Balaban J connectivity index is 2.63. The van der Waals surface area contributed by atoms with Crippen molar-refractivity contribution in [3.63, 3.8) is 0 Å². The predicted octanol–water partition coefficient (Wildman–Crippen LogP) is 2.20. The van der Waals surface area contributed by atoms with Gasteiger partial charge in [-0.25, -0.2) is 4.98 Å². The molecule has 0 saturated heterocycles. The standard InChI is InChI=1S/C12H19N3O3/c1-9(2)7-12(3,16)8-14-11-6-10(15(17)18)4-5-13-11/h4-6,9,16H,7-8H2,1-3H3,(H,13,14). The van der Waals surface area contributed by atoms with Crippen molar-refractivity contribution in [2.75, 3.05) is 11.9 Å². The molecule has 6 heteroatoms. The Morgan fingerprint density at radius 1 is 1.61 bits per heavy atom. The normalized spacial score (nSPS) is 14.3. The van der Waals surface area contributed by atoms with Crippen LogP contribution < -0.4 is 5.32 Å². The van der Waals surface area contributed by atoms with Crippen molar-refractivity contribution in [1.82, 2.24) is 4.98 Å². The number of rotatable bonds is 6. The average Bonchev–Trinajstić information content (AvgIpc) is 2.25. The summed E-state index contributed by atoms with van der Waals surface area (Å²) in [5.74, 6) is 0.771. The van der Waals surface area contributed by atoms with E-state index >= 15 is 0 Å². The van der Waals surface area contributed by atoms with Gasteiger partial charge >= 0.3 is 0 Å². The number of nitrogens with one attached hydrogen (secondary N) is 1. The number of nitro groups is 1. The molecule has 1 atom stereocenters. The maximum Gasteiger partial charge on any atom is 0.274 e. The summed E-state index contributed by atoms with van der Waals surface area (Å²) < 4.78 is 0. The van der Waals surface area contributed by atoms with Gasteiger partial charge in [-0.05, 0) is 19.3 Å². The highest BCUT2D eigenvalue weighted by Gasteiger charge is 2.21. The monoisotopic (exact) mass is 253 g/mol. The number of hydrogen-bond acceptors (Lipinski definition) is 5. The Bertz CT molecular complexity index is 419. The van der Waals surface area contributed by atoms with Crippen LogP contribution in [0.3, 0.4) is 0 Å². The van der Waals surface area contributed by atoms with Crippen molar-refractivity contribution < 1.29 is 10.0 Å². The van der Waals surface area contributed by atoms with E-state index in [4.69, 9.17) is 0 Å². The molecular weight excluding hydrogens is 234 g/mol. The number of nitrogens with zero attached hydrogens (tertiary/aromatic N) is 2. The van der Waals surface area contributed by atoms with Crippen molar-refractivity contribution in [3.8, 4) is 0 Å². The van der Waals surface area contributed by atoms with Gasteiger partial charge in [0.1, 0.15) is 5.82 Å². The first-order valence-corrected chi connectivity index (χ1v) is 5.87. The minimum absolute atomic E-state index is 0.0176. The molecule has 2 N–H and O–H groups in total. The number of aromatic nitrogens is 1. The van der Waals surface area contributed by atoms with Gasteiger partial charge in [0, 0.05) is 18.8 Å². The molecule has 6 nitrogen and oxygen atoms in total. The van der Waals surface area contributed by atoms with Crippen LogP contribution in [-0.4, -0.2) is 27.2 Å². The Morgan fingerprint density at radius 3 is 2.83 bits per heavy atom. The molecule has 1 aromatic rings. The molecule has 1 unspecified atom stereocenters. The quantitative estimate of drug-likeness (QED) is 0.599. The van der Waals surface area contributed by atoms with Gasteiger partial charge in [-0.1, -0.05) is 13.8 Å². The summed E-state index contributed by atoms with van der Waals surface area (Å²) >= 11 is 0. The van der Waals surface area contributed by atoms with Crippen LogP contribution in [0.4, 0.5) is 11.5 Å². The molecule has 0 saturated carbocycles. The largest absolute Gasteiger partial charge is 0.388 e. The first kappa shape index (κ1) is 14.4. The molecule has 0 aliphatic rings. The van der Waals surface area contributed by atoms with Gasteiger partial charge in [-0.2, -0.15) is 0 Å². The van der Waals surface area contributed by atoms with Crippen molar-refractivity contribution in [3.05, 3.63) is 28.4 Å². The van der Waals surface area contributed by atoms with E-state index < -0.39 is 10.5 Å². The lowest BCUT2D eigenvalue weighted by atomic mass is 9.94. The maximum atomic E-state index is 10.6. The minimum atomic E-state index is -0.861. The zero-order chi connectivity index (χ0) is 13.8. The van der Waals surface area contributed by atoms with Crippen LogP contribution in [0, 0.1) is 16.0 Å². The number of aliphatic hydroxyl groups is 1. The first-order chi connectivity index (χ1) is 8.30. The first-order valence-electron chi connectivity index (χ1n) is 5.87. The summed E-state index contributed by atoms with van der Waals surface area (Å²) in [5.41, 5.74) is -0.878. The van der Waals surface area contributed by atoms with Crippen molar-refractivity contribution in [2.45, 2.75) is 32.8 Å². The number of pyridine rings is 1. The maximum absolute atomic E-state index is 10.6. The van der Waals surface area contributed by atoms with E-state index in [2.05, 4.69) is 10.3 Å². The highest BCUT2D eigenvalue weighted by molar-refractivity contribution is 5.44. The predicted molar refractivity (Wildman–Crippen MR) is 69.5 cm³/mol. The van der Waals surface area contributed by atoms with Crippen LogP contribution in [0.1, 0.15) is 27.2 Å². The fourth-order valence-electron chi connectivity index (χ4n) is 1.86. The Kier molecular flexibility index (Phi) is 4.61. The topological polar surface area (TPSA) is 88.3 Å². The van der Waals surface area contributed by atoms with E-state index in [1.807, 2.05) is 13.8 Å². The molecule has 0 fully saturated rings. The fourth-order valence-corrected chi connectivity index (χ4v) is 1.86. The van der Waals surface area contributed by atoms with Crippen molar-refractivity contribution in [1.29, 1.82) is 0 Å². The Hall–Kier alpha value is -1.69. The van der Waals surface area contributed by atoms with Gasteiger partial charge in [0.2, 0.25) is 0 Å². The third kappa shape index (κ3) is 4.67. The zero-order valence-corrected chi connectivity index (χ0v) is 10.9. The van der Waals surface area contributed by atoms with Crippen LogP contribution in [0.15, 0.2) is 18.3 Å². The lowest BCUT2D eigenvalue weighted by Gasteiger charge is -2.25. The summed E-state index contributed by atoms with van der Waals surface area (Å²) in [6, 6.07) is 2.68. The van der Waals surface area contributed by atoms with Gasteiger partial charge in [0.15, 0.2) is 0 Å². The Morgan fingerprint density at radius 2 is 2.28 bits per heavy atom. The lowest BCUT2D eigenvalue weighted by Crippen LogP contribution is -2.35. The van der Waals surface area contributed by atoms with Gasteiger partial charge in [-0.3, -0.25) is 10.1 Å². The van der Waals surface area contributed by atoms with Crippen LogP contribution in [0.25, 0.3) is 0 Å². The molecular formula is C12H19N3O3. The van der Waals surface area contributed by atoms with Crippen molar-refractivity contribution in [2.24, 2.45) is 5.92 Å². The van der Waals surface area contributed by atoms with Gasteiger partial charge < -0.3 is 10.4 Å². The highest BCUT2D eigenvalue weighted by atomic mass is 16.6. The van der Waals surface area contributed by atoms with Gasteiger partial charge in [0.25, 0.3) is 5.69 Å². The van der Waals surface area contributed by atoms with Crippen LogP contribution in [-0.2, 0) is 0 Å². The third-order valence-electron chi connectivity index (χ3n) is 2.45. The molecule has 1 heterocycles. The molecule has 18 heavy (non-hydrogen) atoms. The molecule has 0 aromatic carbocycles.